The van der Waals surface area contributed by atoms with Gasteiger partial charge in [-0.3, -0.25) is 14.4 Å². The number of rotatable bonds is 6. The Bertz CT molecular complexity index is 1680. The van der Waals surface area contributed by atoms with Gasteiger partial charge in [0.2, 0.25) is 11.8 Å². The molecule has 1 N–H and O–H groups in total. The summed E-state index contributed by atoms with van der Waals surface area (Å²) in [4.78, 5) is 48.9. The molecule has 3 amide bonds. The molecule has 2 saturated heterocycles. The van der Waals surface area contributed by atoms with E-state index in [-0.39, 0.29) is 30.9 Å². The maximum Gasteiger partial charge on any atom is 0.253 e. The molecule has 0 bridgehead atoms. The zero-order valence-corrected chi connectivity index (χ0v) is 25.0. The Morgan fingerprint density at radius 3 is 2.34 bits per heavy atom. The minimum absolute atomic E-state index is 0.175. The number of carbonyl (C=O) groups is 3. The molecule has 8 nitrogen and oxygen atoms in total. The number of anilines is 1. The van der Waals surface area contributed by atoms with Crippen LogP contribution in [0.15, 0.2) is 97.1 Å². The topological polar surface area (TPSA) is 90.4 Å². The van der Waals surface area contributed by atoms with Crippen molar-refractivity contribution in [2.24, 2.45) is 11.8 Å². The SMILES string of the molecule is CC[C@@H](CO)N1C(=O)[C@@H]2[C@@H]3C(=O)N(Cc4ccccc4)CC=C[C@]3(C)O[C@@]23C=CCN(c2ccc4ccccc4c2)C(=O)C13. The van der Waals surface area contributed by atoms with Gasteiger partial charge in [0.15, 0.2) is 0 Å². The van der Waals surface area contributed by atoms with Crippen molar-refractivity contribution in [1.29, 1.82) is 0 Å². The van der Waals surface area contributed by atoms with Crippen LogP contribution in [0.4, 0.5) is 5.69 Å². The van der Waals surface area contributed by atoms with E-state index in [1.54, 1.807) is 9.80 Å². The molecule has 7 rings (SSSR count). The van der Waals surface area contributed by atoms with Gasteiger partial charge in [-0.1, -0.05) is 91.9 Å². The number of nitrogens with zero attached hydrogens (tertiary/aromatic N) is 3. The molecule has 1 spiro atoms. The van der Waals surface area contributed by atoms with Crippen LogP contribution in [0.1, 0.15) is 25.8 Å². The number of likely N-dealkylation sites (tertiary alicyclic amines) is 1. The molecule has 0 radical (unpaired) electrons. The second-order valence-corrected chi connectivity index (χ2v) is 12.5. The predicted octanol–water partition coefficient (Wildman–Crippen LogP) is 4.08. The van der Waals surface area contributed by atoms with E-state index in [1.165, 1.54) is 4.90 Å². The summed E-state index contributed by atoms with van der Waals surface area (Å²) in [6.07, 6.45) is 8.02. The van der Waals surface area contributed by atoms with Gasteiger partial charge in [-0.25, -0.2) is 0 Å². The molecule has 4 aliphatic heterocycles. The van der Waals surface area contributed by atoms with Gasteiger partial charge in [0.25, 0.3) is 5.91 Å². The number of aliphatic hydroxyl groups is 1. The Morgan fingerprint density at radius 2 is 1.59 bits per heavy atom. The Hall–Kier alpha value is -4.27. The molecular weight excluding hydrogens is 554 g/mol. The molecule has 3 aromatic rings. The van der Waals surface area contributed by atoms with Crippen LogP contribution in [0.5, 0.6) is 0 Å². The van der Waals surface area contributed by atoms with Gasteiger partial charge < -0.3 is 24.5 Å². The lowest BCUT2D eigenvalue weighted by molar-refractivity contribution is -0.151. The average molecular weight is 592 g/mol. The first kappa shape index (κ1) is 28.5. The quantitative estimate of drug-likeness (QED) is 0.437. The van der Waals surface area contributed by atoms with Gasteiger partial charge in [0.05, 0.1) is 30.1 Å². The van der Waals surface area contributed by atoms with E-state index in [4.69, 9.17) is 4.74 Å². The first-order valence-electron chi connectivity index (χ1n) is 15.4. The maximum absolute atomic E-state index is 14.8. The molecule has 44 heavy (non-hydrogen) atoms. The number of carbonyl (C=O) groups excluding carboxylic acids is 3. The third-order valence-electron chi connectivity index (χ3n) is 9.91. The number of aliphatic hydroxyl groups excluding tert-OH is 1. The summed E-state index contributed by atoms with van der Waals surface area (Å²) in [5, 5.41) is 12.5. The summed E-state index contributed by atoms with van der Waals surface area (Å²) in [6, 6.07) is 22.0. The van der Waals surface area contributed by atoms with Gasteiger partial charge in [-0.2, -0.15) is 0 Å². The molecule has 0 aliphatic carbocycles. The lowest BCUT2D eigenvalue weighted by Crippen LogP contribution is -2.58. The summed E-state index contributed by atoms with van der Waals surface area (Å²) in [6.45, 7) is 4.52. The highest BCUT2D eigenvalue weighted by Gasteiger charge is 2.75. The minimum Gasteiger partial charge on any atom is -0.394 e. The van der Waals surface area contributed by atoms with Crippen LogP contribution in [0.3, 0.4) is 0 Å². The normalized spacial score (nSPS) is 30.3. The van der Waals surface area contributed by atoms with Crippen molar-refractivity contribution in [3.05, 3.63) is 103 Å². The molecule has 3 aromatic carbocycles. The minimum atomic E-state index is -1.38. The fraction of sp³-hybridized carbons (Fsp3) is 0.361. The number of amides is 3. The molecule has 226 valence electrons. The van der Waals surface area contributed by atoms with Crippen LogP contribution in [-0.2, 0) is 25.7 Å². The van der Waals surface area contributed by atoms with E-state index < -0.39 is 35.1 Å². The second kappa shape index (κ2) is 10.7. The zero-order valence-electron chi connectivity index (χ0n) is 25.0. The van der Waals surface area contributed by atoms with Crippen molar-refractivity contribution in [3.63, 3.8) is 0 Å². The fourth-order valence-electron chi connectivity index (χ4n) is 7.84. The summed E-state index contributed by atoms with van der Waals surface area (Å²) in [5.74, 6) is -2.56. The standard InChI is InChI=1S/C36H37N3O5/c1-3-27(23-40)39-31-34(43)38(28-16-15-25-13-7-8-14-26(25)21-28)20-10-18-36(31)30(33(39)42)29-32(41)37(19-9-17-35(29,2)44-36)22-24-11-5-4-6-12-24/h4-18,21,27,29-31,40H,3,19-20,22-23H2,1-2H3/t27-,29+,30-,31?,35-,36-/m0/s1. The number of benzene rings is 3. The van der Waals surface area contributed by atoms with Crippen molar-refractivity contribution < 1.29 is 24.2 Å². The molecule has 2 fully saturated rings. The Balaban J connectivity index is 1.33. The van der Waals surface area contributed by atoms with E-state index in [9.17, 15) is 19.5 Å². The van der Waals surface area contributed by atoms with E-state index in [2.05, 4.69) is 0 Å². The van der Waals surface area contributed by atoms with Crippen LogP contribution < -0.4 is 4.90 Å². The number of hydrogen-bond donors (Lipinski definition) is 1. The van der Waals surface area contributed by atoms with Gasteiger partial charge in [0.1, 0.15) is 11.6 Å². The van der Waals surface area contributed by atoms with E-state index in [1.807, 2.05) is 111 Å². The maximum atomic E-state index is 14.8. The number of fused-ring (bicyclic) bond motifs is 3. The summed E-state index contributed by atoms with van der Waals surface area (Å²) in [7, 11) is 0. The third-order valence-corrected chi connectivity index (χ3v) is 9.91. The molecule has 1 unspecified atom stereocenters. The molecule has 4 aliphatic rings. The van der Waals surface area contributed by atoms with Crippen LogP contribution in [-0.4, -0.2) is 75.6 Å². The molecule has 0 aromatic heterocycles. The first-order valence-corrected chi connectivity index (χ1v) is 15.4. The highest BCUT2D eigenvalue weighted by atomic mass is 16.5. The van der Waals surface area contributed by atoms with Crippen molar-refractivity contribution in [2.75, 3.05) is 24.6 Å². The largest absolute Gasteiger partial charge is 0.394 e. The van der Waals surface area contributed by atoms with Crippen molar-refractivity contribution in [1.82, 2.24) is 9.80 Å². The van der Waals surface area contributed by atoms with Gasteiger partial charge in [0, 0.05) is 25.3 Å². The smallest absolute Gasteiger partial charge is 0.253 e. The van der Waals surface area contributed by atoms with Crippen LogP contribution in [0.2, 0.25) is 0 Å². The van der Waals surface area contributed by atoms with Crippen LogP contribution >= 0.6 is 0 Å². The average Bonchev–Trinajstić information content (AvgIpc) is 3.31. The zero-order chi connectivity index (χ0) is 30.6. The first-order chi connectivity index (χ1) is 21.3. The molecule has 4 heterocycles. The Kier molecular flexibility index (Phi) is 6.94. The van der Waals surface area contributed by atoms with E-state index in [0.29, 0.717) is 25.2 Å². The summed E-state index contributed by atoms with van der Waals surface area (Å²) >= 11 is 0. The lowest BCUT2D eigenvalue weighted by Gasteiger charge is -2.40. The van der Waals surface area contributed by atoms with Gasteiger partial charge in [-0.15, -0.1) is 0 Å². The summed E-state index contributed by atoms with van der Waals surface area (Å²) in [5.41, 5.74) is -0.772. The Labute approximate surface area is 257 Å². The van der Waals surface area contributed by atoms with E-state index in [0.717, 1.165) is 16.3 Å². The lowest BCUT2D eigenvalue weighted by atomic mass is 9.74. The predicted molar refractivity (Wildman–Crippen MR) is 167 cm³/mol. The van der Waals surface area contributed by atoms with Crippen LogP contribution in [0.25, 0.3) is 10.8 Å². The van der Waals surface area contributed by atoms with Gasteiger partial charge in [-0.05, 0) is 41.8 Å². The highest BCUT2D eigenvalue weighted by Crippen LogP contribution is 2.58. The van der Waals surface area contributed by atoms with E-state index >= 15 is 0 Å². The Morgan fingerprint density at radius 1 is 0.864 bits per heavy atom. The van der Waals surface area contributed by atoms with Gasteiger partial charge >= 0.3 is 0 Å². The van der Waals surface area contributed by atoms with Crippen molar-refractivity contribution in [3.8, 4) is 0 Å². The monoisotopic (exact) mass is 591 g/mol. The number of hydrogen-bond acceptors (Lipinski definition) is 5. The highest BCUT2D eigenvalue weighted by molar-refractivity contribution is 6.07. The van der Waals surface area contributed by atoms with Crippen molar-refractivity contribution >= 4 is 34.2 Å². The molecule has 8 heteroatoms. The fourth-order valence-corrected chi connectivity index (χ4v) is 7.84. The number of ether oxygens (including phenoxy) is 1. The molecule has 0 saturated carbocycles. The van der Waals surface area contributed by atoms with Crippen molar-refractivity contribution in [2.45, 2.75) is 50.1 Å². The molecule has 6 atom stereocenters. The molecular formula is C36H37N3O5. The van der Waals surface area contributed by atoms with Crippen LogP contribution in [0, 0.1) is 11.8 Å². The third kappa shape index (κ3) is 4.23. The summed E-state index contributed by atoms with van der Waals surface area (Å²) < 4.78 is 6.95. The second-order valence-electron chi connectivity index (χ2n) is 12.5.